The molecule has 5 aliphatic rings. The van der Waals surface area contributed by atoms with Crippen molar-refractivity contribution in [1.29, 1.82) is 0 Å². The van der Waals surface area contributed by atoms with Crippen molar-refractivity contribution in [2.45, 2.75) is 70.4 Å². The molecular formula is C22H26Cl2O6. The van der Waals surface area contributed by atoms with E-state index in [1.54, 1.807) is 18.2 Å². The van der Waals surface area contributed by atoms with Gasteiger partial charge in [-0.15, -0.1) is 0 Å². The maximum Gasteiger partial charge on any atom is 0.343 e. The second-order valence-corrected chi connectivity index (χ2v) is 10.1. The zero-order valence-corrected chi connectivity index (χ0v) is 18.7. The van der Waals surface area contributed by atoms with Crippen molar-refractivity contribution in [2.24, 2.45) is 23.7 Å². The van der Waals surface area contributed by atoms with Crippen molar-refractivity contribution in [3.8, 4) is 0 Å². The molecule has 2 bridgehead atoms. The van der Waals surface area contributed by atoms with Crippen LogP contribution in [0.15, 0.2) is 18.2 Å². The normalized spacial score (nSPS) is 44.8. The molecule has 6 rings (SSSR count). The molecule has 164 valence electrons. The van der Waals surface area contributed by atoms with E-state index in [0.717, 1.165) is 25.7 Å². The van der Waals surface area contributed by atoms with E-state index in [1.807, 2.05) is 13.8 Å². The number of hydrogen-bond acceptors (Lipinski definition) is 6. The lowest BCUT2D eigenvalue weighted by molar-refractivity contribution is -0.576. The molecule has 5 fully saturated rings. The average molecular weight is 457 g/mol. The second kappa shape index (κ2) is 7.32. The van der Waals surface area contributed by atoms with E-state index < -0.39 is 29.9 Å². The average Bonchev–Trinajstić information content (AvgIpc) is 2.92. The molecule has 1 spiro atoms. The molecule has 30 heavy (non-hydrogen) atoms. The third-order valence-corrected chi connectivity index (χ3v) is 8.12. The number of rotatable bonds is 2. The molecule has 0 aromatic heterocycles. The van der Waals surface area contributed by atoms with E-state index in [9.17, 15) is 4.79 Å². The summed E-state index contributed by atoms with van der Waals surface area (Å²) in [5.74, 6) is -0.813. The molecule has 4 aliphatic heterocycles. The highest BCUT2D eigenvalue weighted by Crippen LogP contribution is 2.60. The summed E-state index contributed by atoms with van der Waals surface area (Å²) >= 11 is 12.4. The van der Waals surface area contributed by atoms with Gasteiger partial charge in [-0.3, -0.25) is 0 Å². The molecule has 1 saturated carbocycles. The summed E-state index contributed by atoms with van der Waals surface area (Å²) in [6.07, 6.45) is 2.19. The molecule has 8 heteroatoms. The van der Waals surface area contributed by atoms with Gasteiger partial charge in [0.15, 0.2) is 11.9 Å². The smallest absolute Gasteiger partial charge is 0.343 e. The zero-order chi connectivity index (χ0) is 21.3. The lowest BCUT2D eigenvalue weighted by Crippen LogP contribution is -2.70. The van der Waals surface area contributed by atoms with Gasteiger partial charge in [-0.25, -0.2) is 14.6 Å². The number of esters is 1. The molecule has 4 saturated heterocycles. The summed E-state index contributed by atoms with van der Waals surface area (Å²) in [6.45, 7) is 6.15. The molecular weight excluding hydrogens is 431 g/mol. The topological polar surface area (TPSA) is 63.2 Å². The van der Waals surface area contributed by atoms with Crippen LogP contribution in [-0.2, 0) is 24.0 Å². The Balaban J connectivity index is 1.46. The molecule has 1 aromatic rings. The lowest BCUT2D eigenvalue weighted by Gasteiger charge is -2.59. The van der Waals surface area contributed by atoms with Gasteiger partial charge >= 0.3 is 5.97 Å². The van der Waals surface area contributed by atoms with Crippen molar-refractivity contribution in [3.63, 3.8) is 0 Å². The van der Waals surface area contributed by atoms with Crippen molar-refractivity contribution >= 4 is 29.2 Å². The fourth-order valence-corrected chi connectivity index (χ4v) is 6.42. The van der Waals surface area contributed by atoms with Crippen LogP contribution in [0.25, 0.3) is 0 Å². The number of ether oxygens (including phenoxy) is 3. The van der Waals surface area contributed by atoms with E-state index in [1.165, 1.54) is 0 Å². The van der Waals surface area contributed by atoms with Crippen LogP contribution >= 0.6 is 23.2 Å². The summed E-state index contributed by atoms with van der Waals surface area (Å²) < 4.78 is 18.3. The molecule has 0 unspecified atom stereocenters. The Labute approximate surface area is 186 Å². The number of fused-ring (bicyclic) bond motifs is 2. The molecule has 1 aliphatic carbocycles. The SMILES string of the molecule is C[C@@H]1[C@H](OC(=O)c2c(Cl)cccc2Cl)O[C@H]2O[C@@]3(C)CC[C@H]4[C@H](C)CC[C@H]1[C@@]24OO3. The molecule has 0 N–H and O–H groups in total. The highest BCUT2D eigenvalue weighted by Gasteiger charge is 2.69. The predicted octanol–water partition coefficient (Wildman–Crippen LogP) is 5.36. The maximum atomic E-state index is 12.9. The number of halogens is 2. The van der Waals surface area contributed by atoms with Crippen LogP contribution in [-0.4, -0.2) is 29.9 Å². The third kappa shape index (κ3) is 3.03. The summed E-state index contributed by atoms with van der Waals surface area (Å²) in [5, 5.41) is 0.487. The monoisotopic (exact) mass is 456 g/mol. The Morgan fingerprint density at radius 3 is 2.57 bits per heavy atom. The molecule has 4 heterocycles. The van der Waals surface area contributed by atoms with Gasteiger partial charge in [-0.1, -0.05) is 43.1 Å². The molecule has 1 aromatic carbocycles. The predicted molar refractivity (Wildman–Crippen MR) is 109 cm³/mol. The van der Waals surface area contributed by atoms with Crippen LogP contribution in [0.3, 0.4) is 0 Å². The number of carbonyl (C=O) groups is 1. The fourth-order valence-electron chi connectivity index (χ4n) is 5.86. The van der Waals surface area contributed by atoms with E-state index in [4.69, 9.17) is 47.2 Å². The Morgan fingerprint density at radius 1 is 1.10 bits per heavy atom. The first-order chi connectivity index (χ1) is 14.2. The number of carbonyl (C=O) groups excluding carboxylic acids is 1. The Bertz CT molecular complexity index is 844. The highest BCUT2D eigenvalue weighted by molar-refractivity contribution is 6.39. The van der Waals surface area contributed by atoms with Crippen LogP contribution in [0.5, 0.6) is 0 Å². The maximum absolute atomic E-state index is 12.9. The standard InChI is InChI=1S/C22H26Cl2O6/c1-11-7-8-14-12(2)19(26-18(25)17-15(23)5-4-6-16(17)24)27-20-22(14)13(11)9-10-21(3,28-20)29-30-22/h4-6,11-14,19-20H,7-10H2,1-3H3/t11-,12+,13+,14-,19-,20+,21-,22-/m1/s1. The molecule has 0 amide bonds. The first-order valence-electron chi connectivity index (χ1n) is 10.6. The van der Waals surface area contributed by atoms with E-state index in [-0.39, 0.29) is 33.4 Å². The second-order valence-electron chi connectivity index (χ2n) is 9.28. The fraction of sp³-hybridized carbons (Fsp3) is 0.682. The minimum absolute atomic E-state index is 0.0691. The summed E-state index contributed by atoms with van der Waals surface area (Å²) in [5.41, 5.74) is -0.556. The highest BCUT2D eigenvalue weighted by atomic mass is 35.5. The van der Waals surface area contributed by atoms with Crippen LogP contribution in [0.4, 0.5) is 0 Å². The van der Waals surface area contributed by atoms with Gasteiger partial charge in [0.2, 0.25) is 12.1 Å². The van der Waals surface area contributed by atoms with Gasteiger partial charge in [0.25, 0.3) is 0 Å². The Kier molecular flexibility index (Phi) is 5.12. The van der Waals surface area contributed by atoms with Crippen molar-refractivity contribution in [1.82, 2.24) is 0 Å². The lowest BCUT2D eigenvalue weighted by atomic mass is 9.58. The summed E-state index contributed by atoms with van der Waals surface area (Å²) in [4.78, 5) is 24.8. The van der Waals surface area contributed by atoms with Gasteiger partial charge in [0.05, 0.1) is 15.6 Å². The first-order valence-corrected chi connectivity index (χ1v) is 11.4. The largest absolute Gasteiger partial charge is 0.432 e. The number of hydrogen-bond donors (Lipinski definition) is 0. The minimum Gasteiger partial charge on any atom is -0.432 e. The van der Waals surface area contributed by atoms with Crippen LogP contribution < -0.4 is 0 Å². The minimum atomic E-state index is -0.876. The van der Waals surface area contributed by atoms with Gasteiger partial charge in [-0.05, 0) is 50.2 Å². The Morgan fingerprint density at radius 2 is 1.83 bits per heavy atom. The van der Waals surface area contributed by atoms with E-state index in [0.29, 0.717) is 5.92 Å². The van der Waals surface area contributed by atoms with Gasteiger partial charge < -0.3 is 14.2 Å². The van der Waals surface area contributed by atoms with E-state index >= 15 is 0 Å². The molecule has 6 nitrogen and oxygen atoms in total. The molecule has 8 atom stereocenters. The van der Waals surface area contributed by atoms with E-state index in [2.05, 4.69) is 6.92 Å². The van der Waals surface area contributed by atoms with Crippen molar-refractivity contribution in [3.05, 3.63) is 33.8 Å². The van der Waals surface area contributed by atoms with Gasteiger partial charge in [0.1, 0.15) is 0 Å². The number of benzene rings is 1. The first kappa shape index (κ1) is 21.0. The van der Waals surface area contributed by atoms with Gasteiger partial charge in [0, 0.05) is 18.3 Å². The van der Waals surface area contributed by atoms with Crippen LogP contribution in [0.1, 0.15) is 56.8 Å². The van der Waals surface area contributed by atoms with Crippen LogP contribution in [0, 0.1) is 23.7 Å². The van der Waals surface area contributed by atoms with Crippen molar-refractivity contribution in [2.75, 3.05) is 0 Å². The zero-order valence-electron chi connectivity index (χ0n) is 17.2. The summed E-state index contributed by atoms with van der Waals surface area (Å²) in [7, 11) is 0. The third-order valence-electron chi connectivity index (χ3n) is 7.49. The quantitative estimate of drug-likeness (QED) is 0.440. The Hall–Kier alpha value is -0.890. The molecule has 0 radical (unpaired) electrons. The summed E-state index contributed by atoms with van der Waals surface area (Å²) in [6, 6.07) is 4.90. The van der Waals surface area contributed by atoms with Crippen LogP contribution in [0.2, 0.25) is 10.0 Å². The van der Waals surface area contributed by atoms with Crippen molar-refractivity contribution < 1.29 is 28.8 Å². The van der Waals surface area contributed by atoms with Gasteiger partial charge in [-0.2, -0.15) is 0 Å².